The Bertz CT molecular complexity index is 568. The summed E-state index contributed by atoms with van der Waals surface area (Å²) < 4.78 is 26.8. The fourth-order valence-corrected chi connectivity index (χ4v) is 5.76. The van der Waals surface area contributed by atoms with Gasteiger partial charge >= 0.3 is 5.97 Å². The number of sulfonamides is 1. The first-order valence-corrected chi connectivity index (χ1v) is 8.52. The predicted octanol–water partition coefficient (Wildman–Crippen LogP) is 2.40. The van der Waals surface area contributed by atoms with E-state index < -0.39 is 16.0 Å². The van der Waals surface area contributed by atoms with Gasteiger partial charge in [0.2, 0.25) is 10.0 Å². The fourth-order valence-electron chi connectivity index (χ4n) is 2.64. The maximum atomic E-state index is 12.7. The Morgan fingerprint density at radius 1 is 1.37 bits per heavy atom. The number of piperidine rings is 1. The summed E-state index contributed by atoms with van der Waals surface area (Å²) in [6.45, 7) is 3.75. The van der Waals surface area contributed by atoms with Crippen molar-refractivity contribution in [3.05, 3.63) is 16.3 Å². The van der Waals surface area contributed by atoms with Crippen LogP contribution in [0.25, 0.3) is 0 Å². The molecule has 5 nitrogen and oxygen atoms in total. The Balaban J connectivity index is 2.47. The number of hydrogen-bond donors (Lipinski definition) is 1. The number of carboxylic acids is 1. The average Bonchev–Trinajstić information content (AvgIpc) is 2.77. The zero-order chi connectivity index (χ0) is 14.2. The third-order valence-corrected chi connectivity index (χ3v) is 6.69. The molecule has 0 aliphatic carbocycles. The van der Waals surface area contributed by atoms with E-state index in [-0.39, 0.29) is 21.9 Å². The minimum atomic E-state index is -3.73. The Morgan fingerprint density at radius 2 is 1.95 bits per heavy atom. The molecule has 1 aromatic heterocycles. The van der Waals surface area contributed by atoms with Crippen LogP contribution in [0.3, 0.4) is 0 Å². The number of carbonyl (C=O) groups is 1. The average molecular weight is 303 g/mol. The first-order chi connectivity index (χ1) is 8.85. The van der Waals surface area contributed by atoms with Gasteiger partial charge in [0.15, 0.2) is 0 Å². The molecule has 7 heteroatoms. The van der Waals surface area contributed by atoms with Gasteiger partial charge in [-0.3, -0.25) is 0 Å². The Kier molecular flexibility index (Phi) is 3.98. The number of thiophene rings is 1. The van der Waals surface area contributed by atoms with Gasteiger partial charge in [0.1, 0.15) is 9.77 Å². The minimum absolute atomic E-state index is 0.0781. The third kappa shape index (κ3) is 2.54. The summed E-state index contributed by atoms with van der Waals surface area (Å²) >= 11 is 0.946. The summed E-state index contributed by atoms with van der Waals surface area (Å²) in [5, 5.41) is 10.6. The van der Waals surface area contributed by atoms with Crippen molar-refractivity contribution in [1.29, 1.82) is 0 Å². The second-order valence-electron chi connectivity index (χ2n) is 4.88. The lowest BCUT2D eigenvalue weighted by Gasteiger charge is -2.37. The summed E-state index contributed by atoms with van der Waals surface area (Å²) in [7, 11) is -3.73. The monoisotopic (exact) mass is 303 g/mol. The highest BCUT2D eigenvalue weighted by molar-refractivity contribution is 7.89. The van der Waals surface area contributed by atoms with Crippen LogP contribution in [-0.2, 0) is 10.0 Å². The highest BCUT2D eigenvalue weighted by Gasteiger charge is 2.38. The van der Waals surface area contributed by atoms with Crippen molar-refractivity contribution in [2.45, 2.75) is 50.1 Å². The highest BCUT2D eigenvalue weighted by atomic mass is 32.2. The predicted molar refractivity (Wildman–Crippen MR) is 73.1 cm³/mol. The van der Waals surface area contributed by atoms with Crippen molar-refractivity contribution in [3.8, 4) is 0 Å². The molecule has 1 N–H and O–H groups in total. The minimum Gasteiger partial charge on any atom is -0.477 e. The van der Waals surface area contributed by atoms with E-state index in [0.717, 1.165) is 30.6 Å². The lowest BCUT2D eigenvalue weighted by Crippen LogP contribution is -2.47. The zero-order valence-electron chi connectivity index (χ0n) is 10.9. The Hall–Kier alpha value is -0.920. The van der Waals surface area contributed by atoms with Crippen LogP contribution in [0, 0.1) is 0 Å². The molecule has 0 amide bonds. The Morgan fingerprint density at radius 3 is 2.47 bits per heavy atom. The van der Waals surface area contributed by atoms with Crippen LogP contribution in [0.1, 0.15) is 42.8 Å². The first-order valence-electron chi connectivity index (χ1n) is 6.20. The van der Waals surface area contributed by atoms with Crippen LogP contribution in [0.2, 0.25) is 0 Å². The zero-order valence-corrected chi connectivity index (χ0v) is 12.5. The molecule has 0 bridgehead atoms. The van der Waals surface area contributed by atoms with E-state index in [1.165, 1.54) is 15.8 Å². The van der Waals surface area contributed by atoms with Gasteiger partial charge in [-0.1, -0.05) is 6.42 Å². The summed E-state index contributed by atoms with van der Waals surface area (Å²) in [5.74, 6) is -1.19. The molecule has 1 aliphatic rings. The van der Waals surface area contributed by atoms with Crippen molar-refractivity contribution in [3.63, 3.8) is 0 Å². The van der Waals surface area contributed by atoms with Gasteiger partial charge in [0, 0.05) is 12.1 Å². The van der Waals surface area contributed by atoms with Gasteiger partial charge < -0.3 is 5.11 Å². The van der Waals surface area contributed by atoms with Crippen LogP contribution in [0.5, 0.6) is 0 Å². The molecule has 2 atom stereocenters. The summed E-state index contributed by atoms with van der Waals surface area (Å²) in [4.78, 5) is 10.9. The molecular formula is C12H17NO4S2. The van der Waals surface area contributed by atoms with E-state index in [9.17, 15) is 13.2 Å². The number of hydrogen-bond acceptors (Lipinski definition) is 4. The van der Waals surface area contributed by atoms with Crippen LogP contribution in [0.4, 0.5) is 0 Å². The van der Waals surface area contributed by atoms with Crippen molar-refractivity contribution in [2.75, 3.05) is 0 Å². The molecule has 0 radical (unpaired) electrons. The van der Waals surface area contributed by atoms with Gasteiger partial charge in [-0.05, 0) is 38.1 Å². The van der Waals surface area contributed by atoms with E-state index in [4.69, 9.17) is 5.11 Å². The van der Waals surface area contributed by atoms with Crippen LogP contribution in [0.15, 0.2) is 16.3 Å². The topological polar surface area (TPSA) is 74.7 Å². The van der Waals surface area contributed by atoms with E-state index in [1.807, 2.05) is 13.8 Å². The molecule has 19 heavy (non-hydrogen) atoms. The van der Waals surface area contributed by atoms with Crippen molar-refractivity contribution >= 4 is 27.3 Å². The van der Waals surface area contributed by atoms with Crippen LogP contribution in [-0.4, -0.2) is 35.9 Å². The lowest BCUT2D eigenvalue weighted by atomic mass is 10.0. The van der Waals surface area contributed by atoms with Crippen molar-refractivity contribution in [1.82, 2.24) is 4.31 Å². The fraction of sp³-hybridized carbons (Fsp3) is 0.583. The standard InChI is InChI=1S/C12H17NO4S2/c1-8-4-3-5-9(2)13(8)19(16,17)10-6-7-18-11(10)12(14)15/h6-9H,3-5H2,1-2H3,(H,14,15)/t8-,9-/m1/s1. The second kappa shape index (κ2) is 5.22. The van der Waals surface area contributed by atoms with Crippen molar-refractivity contribution in [2.24, 2.45) is 0 Å². The molecule has 0 saturated carbocycles. The largest absolute Gasteiger partial charge is 0.477 e. The van der Waals surface area contributed by atoms with E-state index >= 15 is 0 Å². The maximum Gasteiger partial charge on any atom is 0.347 e. The molecule has 1 saturated heterocycles. The molecule has 0 unspecified atom stereocenters. The van der Waals surface area contributed by atoms with Gasteiger partial charge in [0.25, 0.3) is 0 Å². The summed E-state index contributed by atoms with van der Waals surface area (Å²) in [6.07, 6.45) is 2.63. The molecule has 0 spiro atoms. The second-order valence-corrected chi connectivity index (χ2v) is 7.61. The number of nitrogens with zero attached hydrogens (tertiary/aromatic N) is 1. The molecular weight excluding hydrogens is 286 g/mol. The van der Waals surface area contributed by atoms with Crippen LogP contribution < -0.4 is 0 Å². The molecule has 2 rings (SSSR count). The van der Waals surface area contributed by atoms with Gasteiger partial charge in [-0.25, -0.2) is 13.2 Å². The summed E-state index contributed by atoms with van der Waals surface area (Å²) in [5.41, 5.74) is 0. The van der Waals surface area contributed by atoms with Gasteiger partial charge in [0.05, 0.1) is 0 Å². The van der Waals surface area contributed by atoms with E-state index in [0.29, 0.717) is 0 Å². The van der Waals surface area contributed by atoms with E-state index in [2.05, 4.69) is 0 Å². The molecule has 1 aromatic rings. The third-order valence-electron chi connectivity index (χ3n) is 3.49. The molecule has 1 fully saturated rings. The number of rotatable bonds is 3. The number of carboxylic acid groups (broad SMARTS) is 1. The SMILES string of the molecule is C[C@@H]1CCC[C@@H](C)N1S(=O)(=O)c1ccsc1C(=O)O. The quantitative estimate of drug-likeness (QED) is 0.930. The smallest absolute Gasteiger partial charge is 0.347 e. The molecule has 0 aromatic carbocycles. The molecule has 106 valence electrons. The lowest BCUT2D eigenvalue weighted by molar-refractivity contribution is 0.0698. The summed E-state index contributed by atoms with van der Waals surface area (Å²) in [6, 6.07) is 1.21. The van der Waals surface area contributed by atoms with Gasteiger partial charge in [-0.15, -0.1) is 11.3 Å². The number of aromatic carboxylic acids is 1. The van der Waals surface area contributed by atoms with Gasteiger partial charge in [-0.2, -0.15) is 4.31 Å². The highest BCUT2D eigenvalue weighted by Crippen LogP contribution is 2.32. The van der Waals surface area contributed by atoms with Crippen molar-refractivity contribution < 1.29 is 18.3 Å². The molecule has 2 heterocycles. The first kappa shape index (κ1) is 14.5. The van der Waals surface area contributed by atoms with Crippen LogP contribution >= 0.6 is 11.3 Å². The molecule has 1 aliphatic heterocycles. The normalized spacial score (nSPS) is 25.4. The van der Waals surface area contributed by atoms with E-state index in [1.54, 1.807) is 0 Å². The Labute approximate surface area is 116 Å². The maximum absolute atomic E-state index is 12.7.